The lowest BCUT2D eigenvalue weighted by atomic mass is 10.1. The standard InChI is InChI=1S/C14H21N3O2/c1-16-14(18)11-2-3-13(12(15)8-11)17-6-4-10-5-7-19-9-10/h2-3,8,10,17H,4-7,9,15H2,1H3,(H,16,18). The van der Waals surface area contributed by atoms with Gasteiger partial charge in [0.15, 0.2) is 0 Å². The summed E-state index contributed by atoms with van der Waals surface area (Å²) in [5, 5.41) is 5.89. The maximum atomic E-state index is 11.5. The lowest BCUT2D eigenvalue weighted by Crippen LogP contribution is -2.18. The van der Waals surface area contributed by atoms with E-state index in [0.717, 1.165) is 38.3 Å². The van der Waals surface area contributed by atoms with Crippen LogP contribution in [-0.4, -0.2) is 32.7 Å². The van der Waals surface area contributed by atoms with Gasteiger partial charge in [0.1, 0.15) is 0 Å². The molecule has 4 N–H and O–H groups in total. The van der Waals surface area contributed by atoms with Crippen LogP contribution in [-0.2, 0) is 4.74 Å². The van der Waals surface area contributed by atoms with Crippen molar-refractivity contribution in [3.05, 3.63) is 23.8 Å². The Morgan fingerprint density at radius 1 is 1.53 bits per heavy atom. The monoisotopic (exact) mass is 263 g/mol. The van der Waals surface area contributed by atoms with Crippen LogP contribution in [0.2, 0.25) is 0 Å². The van der Waals surface area contributed by atoms with Gasteiger partial charge in [0, 0.05) is 32.4 Å². The van der Waals surface area contributed by atoms with Crippen LogP contribution in [0.5, 0.6) is 0 Å². The molecule has 1 aromatic carbocycles. The summed E-state index contributed by atoms with van der Waals surface area (Å²) >= 11 is 0. The molecule has 1 unspecified atom stereocenters. The number of anilines is 2. The van der Waals surface area contributed by atoms with E-state index in [9.17, 15) is 4.79 Å². The van der Waals surface area contributed by atoms with Crippen molar-refractivity contribution in [2.75, 3.05) is 37.9 Å². The van der Waals surface area contributed by atoms with Crippen LogP contribution in [0, 0.1) is 5.92 Å². The minimum absolute atomic E-state index is 0.124. The summed E-state index contributed by atoms with van der Waals surface area (Å²) in [7, 11) is 1.61. The third-order valence-electron chi connectivity index (χ3n) is 3.43. The zero-order valence-corrected chi connectivity index (χ0v) is 11.2. The van der Waals surface area contributed by atoms with E-state index in [-0.39, 0.29) is 5.91 Å². The van der Waals surface area contributed by atoms with Crippen molar-refractivity contribution in [1.82, 2.24) is 5.32 Å². The molecule has 0 aliphatic carbocycles. The summed E-state index contributed by atoms with van der Waals surface area (Å²) in [4.78, 5) is 11.5. The van der Waals surface area contributed by atoms with Crippen molar-refractivity contribution in [2.45, 2.75) is 12.8 Å². The Morgan fingerprint density at radius 3 is 3.00 bits per heavy atom. The van der Waals surface area contributed by atoms with E-state index < -0.39 is 0 Å². The molecule has 0 aromatic heterocycles. The van der Waals surface area contributed by atoms with Crippen molar-refractivity contribution >= 4 is 17.3 Å². The van der Waals surface area contributed by atoms with Crippen molar-refractivity contribution in [3.63, 3.8) is 0 Å². The summed E-state index contributed by atoms with van der Waals surface area (Å²) in [6.07, 6.45) is 2.23. The Bertz CT molecular complexity index is 442. The molecule has 104 valence electrons. The number of nitrogen functional groups attached to an aromatic ring is 1. The van der Waals surface area contributed by atoms with E-state index in [4.69, 9.17) is 10.5 Å². The quantitative estimate of drug-likeness (QED) is 0.703. The highest BCUT2D eigenvalue weighted by atomic mass is 16.5. The smallest absolute Gasteiger partial charge is 0.251 e. The Morgan fingerprint density at radius 2 is 2.37 bits per heavy atom. The number of rotatable bonds is 5. The maximum Gasteiger partial charge on any atom is 0.251 e. The number of nitrogens with two attached hydrogens (primary N) is 1. The molecule has 1 amide bonds. The molecule has 5 nitrogen and oxygen atoms in total. The van der Waals surface area contributed by atoms with Crippen LogP contribution in [0.1, 0.15) is 23.2 Å². The second-order valence-electron chi connectivity index (χ2n) is 4.83. The first-order valence-electron chi connectivity index (χ1n) is 6.64. The number of benzene rings is 1. The van der Waals surface area contributed by atoms with Crippen LogP contribution in [0.4, 0.5) is 11.4 Å². The molecule has 2 rings (SSSR count). The van der Waals surface area contributed by atoms with E-state index in [1.54, 1.807) is 19.2 Å². The van der Waals surface area contributed by atoms with Gasteiger partial charge in [0.25, 0.3) is 5.91 Å². The molecule has 1 fully saturated rings. The zero-order valence-electron chi connectivity index (χ0n) is 11.2. The first-order valence-corrected chi connectivity index (χ1v) is 6.64. The molecule has 0 bridgehead atoms. The number of ether oxygens (including phenoxy) is 1. The number of amides is 1. The minimum atomic E-state index is -0.124. The van der Waals surface area contributed by atoms with Gasteiger partial charge >= 0.3 is 0 Å². The Kier molecular flexibility index (Phi) is 4.63. The summed E-state index contributed by atoms with van der Waals surface area (Å²) in [6, 6.07) is 5.32. The Labute approximate surface area is 113 Å². The second-order valence-corrected chi connectivity index (χ2v) is 4.83. The molecule has 0 radical (unpaired) electrons. The SMILES string of the molecule is CNC(=O)c1ccc(NCCC2CCOC2)c(N)c1. The molecule has 1 aliphatic rings. The lowest BCUT2D eigenvalue weighted by Gasteiger charge is -2.12. The van der Waals surface area contributed by atoms with Gasteiger partial charge in [-0.1, -0.05) is 0 Å². The highest BCUT2D eigenvalue weighted by Crippen LogP contribution is 2.21. The van der Waals surface area contributed by atoms with Gasteiger partial charge < -0.3 is 21.1 Å². The van der Waals surface area contributed by atoms with Crippen molar-refractivity contribution in [2.24, 2.45) is 5.92 Å². The van der Waals surface area contributed by atoms with Crippen LogP contribution >= 0.6 is 0 Å². The fraction of sp³-hybridized carbons (Fsp3) is 0.500. The average Bonchev–Trinajstić information content (AvgIpc) is 2.93. The van der Waals surface area contributed by atoms with Gasteiger partial charge in [0.05, 0.1) is 11.4 Å². The van der Waals surface area contributed by atoms with E-state index in [0.29, 0.717) is 17.2 Å². The number of carbonyl (C=O) groups excluding carboxylic acids is 1. The topological polar surface area (TPSA) is 76.4 Å². The third kappa shape index (κ3) is 3.61. The van der Waals surface area contributed by atoms with E-state index in [1.807, 2.05) is 6.07 Å². The van der Waals surface area contributed by atoms with Crippen LogP contribution in [0.25, 0.3) is 0 Å². The zero-order chi connectivity index (χ0) is 13.7. The Hall–Kier alpha value is -1.75. The fourth-order valence-electron chi connectivity index (χ4n) is 2.23. The molecule has 0 spiro atoms. The van der Waals surface area contributed by atoms with Gasteiger partial charge in [-0.2, -0.15) is 0 Å². The molecule has 1 saturated heterocycles. The van der Waals surface area contributed by atoms with Crippen molar-refractivity contribution in [1.29, 1.82) is 0 Å². The molecule has 1 atom stereocenters. The molecule has 1 aromatic rings. The van der Waals surface area contributed by atoms with Crippen molar-refractivity contribution in [3.8, 4) is 0 Å². The number of nitrogens with one attached hydrogen (secondary N) is 2. The second kappa shape index (κ2) is 6.43. The maximum absolute atomic E-state index is 11.5. The van der Waals surface area contributed by atoms with E-state index >= 15 is 0 Å². The number of hydrogen-bond acceptors (Lipinski definition) is 4. The molecule has 19 heavy (non-hydrogen) atoms. The highest BCUT2D eigenvalue weighted by Gasteiger charge is 2.15. The van der Waals surface area contributed by atoms with Crippen LogP contribution < -0.4 is 16.4 Å². The first-order chi connectivity index (χ1) is 9.20. The third-order valence-corrected chi connectivity index (χ3v) is 3.43. The summed E-state index contributed by atoms with van der Waals surface area (Å²) in [6.45, 7) is 2.62. The van der Waals surface area contributed by atoms with Crippen LogP contribution in [0.3, 0.4) is 0 Å². The lowest BCUT2D eigenvalue weighted by molar-refractivity contribution is 0.0963. The average molecular weight is 263 g/mol. The molecule has 1 aliphatic heterocycles. The van der Waals surface area contributed by atoms with Gasteiger partial charge in [-0.05, 0) is 37.0 Å². The van der Waals surface area contributed by atoms with Gasteiger partial charge in [0.2, 0.25) is 0 Å². The fourth-order valence-corrected chi connectivity index (χ4v) is 2.23. The van der Waals surface area contributed by atoms with Gasteiger partial charge in [-0.25, -0.2) is 0 Å². The Balaban J connectivity index is 1.87. The molecule has 0 saturated carbocycles. The summed E-state index contributed by atoms with van der Waals surface area (Å²) in [5.41, 5.74) is 8.00. The predicted octanol–water partition coefficient (Wildman–Crippen LogP) is 1.47. The largest absolute Gasteiger partial charge is 0.397 e. The van der Waals surface area contributed by atoms with Crippen LogP contribution in [0.15, 0.2) is 18.2 Å². The molecule has 1 heterocycles. The first kappa shape index (κ1) is 13.7. The summed E-state index contributed by atoms with van der Waals surface area (Å²) < 4.78 is 5.34. The van der Waals surface area contributed by atoms with E-state index in [2.05, 4.69) is 10.6 Å². The molecular weight excluding hydrogens is 242 g/mol. The number of hydrogen-bond donors (Lipinski definition) is 3. The van der Waals surface area contributed by atoms with Crippen molar-refractivity contribution < 1.29 is 9.53 Å². The predicted molar refractivity (Wildman–Crippen MR) is 76.3 cm³/mol. The van der Waals surface area contributed by atoms with E-state index in [1.165, 1.54) is 0 Å². The molecular formula is C14H21N3O2. The highest BCUT2D eigenvalue weighted by molar-refractivity contribution is 5.95. The van der Waals surface area contributed by atoms with Gasteiger partial charge in [-0.3, -0.25) is 4.79 Å². The molecule has 5 heteroatoms. The summed E-state index contributed by atoms with van der Waals surface area (Å²) in [5.74, 6) is 0.528. The number of carbonyl (C=O) groups is 1. The normalized spacial score (nSPS) is 18.3. The minimum Gasteiger partial charge on any atom is -0.397 e. The van der Waals surface area contributed by atoms with Gasteiger partial charge in [-0.15, -0.1) is 0 Å².